The molecule has 0 heterocycles. The van der Waals surface area contributed by atoms with Crippen molar-refractivity contribution in [2.75, 3.05) is 7.11 Å². The van der Waals surface area contributed by atoms with Crippen LogP contribution in [0.15, 0.2) is 82.4 Å². The summed E-state index contributed by atoms with van der Waals surface area (Å²) in [7, 11) is 1.45. The van der Waals surface area contributed by atoms with E-state index in [4.69, 9.17) is 9.47 Å². The molecule has 0 fully saturated rings. The number of nitrogens with one attached hydrogen (secondary N) is 1. The third kappa shape index (κ3) is 6.00. The number of aliphatic hydroxyl groups excluding tert-OH is 1. The lowest BCUT2D eigenvalue weighted by Gasteiger charge is -2.10. The molecule has 7 nitrogen and oxygen atoms in total. The normalized spacial score (nSPS) is 11.7. The Morgan fingerprint density at radius 2 is 1.74 bits per heavy atom. The molecule has 0 saturated carbocycles. The quantitative estimate of drug-likeness (QED) is 0.230. The third-order valence-corrected chi connectivity index (χ3v) is 4.75. The minimum Gasteiger partial charge on any atom is -0.493 e. The molecule has 158 valence electrons. The summed E-state index contributed by atoms with van der Waals surface area (Å²) < 4.78 is 11.6. The molecule has 8 heteroatoms. The number of methoxy groups -OCH3 is 1. The van der Waals surface area contributed by atoms with Gasteiger partial charge in [-0.15, -0.1) is 0 Å². The first-order valence-corrected chi connectivity index (χ1v) is 9.99. The number of carbonyl (C=O) groups excluding carboxylic acids is 2. The fourth-order valence-corrected chi connectivity index (χ4v) is 2.88. The predicted molar refractivity (Wildman–Crippen MR) is 119 cm³/mol. The van der Waals surface area contributed by atoms with E-state index in [1.54, 1.807) is 72.8 Å². The number of ether oxygens (including phenoxy) is 2. The van der Waals surface area contributed by atoms with E-state index in [0.717, 1.165) is 4.47 Å². The van der Waals surface area contributed by atoms with Gasteiger partial charge in [0.15, 0.2) is 17.6 Å². The molecule has 0 bridgehead atoms. The summed E-state index contributed by atoms with van der Waals surface area (Å²) in [5, 5.41) is 13.9. The molecule has 0 aliphatic rings. The summed E-state index contributed by atoms with van der Waals surface area (Å²) in [4.78, 5) is 24.3. The summed E-state index contributed by atoms with van der Waals surface area (Å²) in [6.45, 7) is 0. The van der Waals surface area contributed by atoms with Crippen molar-refractivity contribution in [1.29, 1.82) is 0 Å². The van der Waals surface area contributed by atoms with Crippen LogP contribution in [0.4, 0.5) is 0 Å². The number of aliphatic hydroxyl groups is 1. The van der Waals surface area contributed by atoms with Gasteiger partial charge in [0.05, 0.1) is 18.9 Å². The molecule has 1 amide bonds. The van der Waals surface area contributed by atoms with Crippen molar-refractivity contribution >= 4 is 34.0 Å². The van der Waals surface area contributed by atoms with Crippen molar-refractivity contribution in [3.05, 3.63) is 94.0 Å². The van der Waals surface area contributed by atoms with Crippen LogP contribution < -0.4 is 14.9 Å². The average Bonchev–Trinajstić information content (AvgIpc) is 2.80. The van der Waals surface area contributed by atoms with Gasteiger partial charge in [-0.3, -0.25) is 4.79 Å². The molecule has 1 atom stereocenters. The zero-order valence-electron chi connectivity index (χ0n) is 16.5. The van der Waals surface area contributed by atoms with Crippen LogP contribution in [0.5, 0.6) is 11.5 Å². The van der Waals surface area contributed by atoms with E-state index in [1.807, 2.05) is 0 Å². The van der Waals surface area contributed by atoms with Crippen molar-refractivity contribution in [1.82, 2.24) is 5.43 Å². The number of carbonyl (C=O) groups is 2. The second-order valence-electron chi connectivity index (χ2n) is 6.35. The number of halogens is 1. The van der Waals surface area contributed by atoms with Crippen LogP contribution in [0.3, 0.4) is 0 Å². The Morgan fingerprint density at radius 3 is 2.42 bits per heavy atom. The maximum atomic E-state index is 12.3. The highest BCUT2D eigenvalue weighted by molar-refractivity contribution is 9.10. The lowest BCUT2D eigenvalue weighted by molar-refractivity contribution is -0.129. The first kappa shape index (κ1) is 22.2. The van der Waals surface area contributed by atoms with Crippen LogP contribution >= 0.6 is 15.9 Å². The Kier molecular flexibility index (Phi) is 7.53. The van der Waals surface area contributed by atoms with Crippen molar-refractivity contribution in [2.24, 2.45) is 5.10 Å². The van der Waals surface area contributed by atoms with E-state index in [1.165, 1.54) is 13.3 Å². The van der Waals surface area contributed by atoms with E-state index in [0.29, 0.717) is 22.4 Å². The van der Waals surface area contributed by atoms with Crippen molar-refractivity contribution in [2.45, 2.75) is 6.10 Å². The van der Waals surface area contributed by atoms with Crippen LogP contribution in [-0.4, -0.2) is 30.3 Å². The van der Waals surface area contributed by atoms with Gasteiger partial charge in [0.25, 0.3) is 5.91 Å². The van der Waals surface area contributed by atoms with Gasteiger partial charge in [-0.05, 0) is 53.6 Å². The van der Waals surface area contributed by atoms with Gasteiger partial charge in [-0.2, -0.15) is 5.10 Å². The minimum atomic E-state index is -1.33. The molecule has 3 aromatic rings. The van der Waals surface area contributed by atoms with Crippen molar-refractivity contribution in [3.63, 3.8) is 0 Å². The predicted octanol–water partition coefficient (Wildman–Crippen LogP) is 3.86. The number of hydrazone groups is 1. The highest BCUT2D eigenvalue weighted by atomic mass is 79.9. The molecule has 0 aliphatic carbocycles. The monoisotopic (exact) mass is 482 g/mol. The number of rotatable bonds is 7. The van der Waals surface area contributed by atoms with Crippen LogP contribution in [0, 0.1) is 0 Å². The summed E-state index contributed by atoms with van der Waals surface area (Å²) in [5.41, 5.74) is 3.75. The number of amides is 1. The van der Waals surface area contributed by atoms with Gasteiger partial charge in [0.1, 0.15) is 0 Å². The second-order valence-corrected chi connectivity index (χ2v) is 7.27. The Morgan fingerprint density at radius 1 is 1.03 bits per heavy atom. The van der Waals surface area contributed by atoms with Gasteiger partial charge in [0, 0.05) is 4.47 Å². The lowest BCUT2D eigenvalue weighted by Crippen LogP contribution is -2.25. The van der Waals surface area contributed by atoms with E-state index >= 15 is 0 Å². The zero-order chi connectivity index (χ0) is 22.2. The van der Waals surface area contributed by atoms with E-state index in [-0.39, 0.29) is 5.75 Å². The Hall–Kier alpha value is -3.49. The third-order valence-electron chi connectivity index (χ3n) is 4.22. The molecule has 3 rings (SSSR count). The minimum absolute atomic E-state index is 0.246. The maximum Gasteiger partial charge on any atom is 0.343 e. The molecule has 0 saturated heterocycles. The topological polar surface area (TPSA) is 97.2 Å². The molecule has 2 N–H and O–H groups in total. The van der Waals surface area contributed by atoms with Crippen LogP contribution in [0.1, 0.15) is 27.6 Å². The van der Waals surface area contributed by atoms with E-state index in [2.05, 4.69) is 26.5 Å². The Labute approximate surface area is 187 Å². The van der Waals surface area contributed by atoms with Crippen LogP contribution in [0.2, 0.25) is 0 Å². The highest BCUT2D eigenvalue weighted by Gasteiger charge is 2.16. The fourth-order valence-electron chi connectivity index (χ4n) is 2.61. The molecule has 0 radical (unpaired) electrons. The number of hydrogen-bond acceptors (Lipinski definition) is 6. The van der Waals surface area contributed by atoms with E-state index in [9.17, 15) is 14.7 Å². The smallest absolute Gasteiger partial charge is 0.343 e. The molecule has 0 aromatic heterocycles. The maximum absolute atomic E-state index is 12.3. The van der Waals surface area contributed by atoms with Crippen LogP contribution in [0.25, 0.3) is 0 Å². The Bertz CT molecular complexity index is 1080. The standard InChI is InChI=1S/C23H19BrN2O5/c1-30-20-13-15(14-25-26-22(28)21(27)16-5-3-2-4-6-16)7-12-19(20)31-23(29)17-8-10-18(24)11-9-17/h2-14,21,27H,1H3,(H,26,28). The number of esters is 1. The molecular weight excluding hydrogens is 464 g/mol. The summed E-state index contributed by atoms with van der Waals surface area (Å²) >= 11 is 3.32. The largest absolute Gasteiger partial charge is 0.493 e. The highest BCUT2D eigenvalue weighted by Crippen LogP contribution is 2.28. The summed E-state index contributed by atoms with van der Waals surface area (Å²) in [6.07, 6.45) is 0.0617. The molecular formula is C23H19BrN2O5. The van der Waals surface area contributed by atoms with Gasteiger partial charge in [-0.25, -0.2) is 10.2 Å². The fraction of sp³-hybridized carbons (Fsp3) is 0.0870. The SMILES string of the molecule is COc1cc(C=NNC(=O)C(O)c2ccccc2)ccc1OC(=O)c1ccc(Br)cc1. The summed E-state index contributed by atoms with van der Waals surface area (Å²) in [6, 6.07) is 20.1. The Balaban J connectivity index is 1.64. The molecule has 0 spiro atoms. The first-order chi connectivity index (χ1) is 15.0. The van der Waals surface area contributed by atoms with Crippen molar-refractivity contribution < 1.29 is 24.2 Å². The molecule has 3 aromatic carbocycles. The number of nitrogens with zero attached hydrogens (tertiary/aromatic N) is 1. The molecule has 0 aliphatic heterocycles. The number of benzene rings is 3. The number of hydrogen-bond donors (Lipinski definition) is 2. The zero-order valence-corrected chi connectivity index (χ0v) is 18.1. The second kappa shape index (κ2) is 10.5. The van der Waals surface area contributed by atoms with Crippen LogP contribution in [-0.2, 0) is 4.79 Å². The van der Waals surface area contributed by atoms with Crippen molar-refractivity contribution in [3.8, 4) is 11.5 Å². The lowest BCUT2D eigenvalue weighted by atomic mass is 10.1. The van der Waals surface area contributed by atoms with Gasteiger partial charge < -0.3 is 14.6 Å². The van der Waals surface area contributed by atoms with Gasteiger partial charge in [0.2, 0.25) is 0 Å². The summed E-state index contributed by atoms with van der Waals surface area (Å²) in [5.74, 6) is -0.606. The molecule has 1 unspecified atom stereocenters. The van der Waals surface area contributed by atoms with Gasteiger partial charge >= 0.3 is 5.97 Å². The average molecular weight is 483 g/mol. The molecule has 31 heavy (non-hydrogen) atoms. The first-order valence-electron chi connectivity index (χ1n) is 9.19. The van der Waals surface area contributed by atoms with Gasteiger partial charge in [-0.1, -0.05) is 46.3 Å². The van der Waals surface area contributed by atoms with E-state index < -0.39 is 18.0 Å².